The average molecular weight is 505 g/mol. The SMILES string of the molecule is C/C(=N\OCc1ccc(OC(C)C)c(C(F)(F)F)c1)c1ccc2c(c1)CCC2NCC1(C(=O)O)CC1. The molecule has 6 nitrogen and oxygen atoms in total. The number of nitrogens with zero attached hydrogens (tertiary/aromatic N) is 1. The first-order valence-electron chi connectivity index (χ1n) is 12.1. The Morgan fingerprint density at radius 3 is 2.61 bits per heavy atom. The molecular formula is C27H31F3N2O4. The number of carbonyl (C=O) groups is 1. The fourth-order valence-electron chi connectivity index (χ4n) is 4.49. The maximum Gasteiger partial charge on any atom is 0.419 e. The highest BCUT2D eigenvalue weighted by Gasteiger charge is 2.50. The van der Waals surface area contributed by atoms with Gasteiger partial charge in [-0.2, -0.15) is 13.2 Å². The number of hydrogen-bond donors (Lipinski definition) is 2. The lowest BCUT2D eigenvalue weighted by atomic mass is 10.0. The monoisotopic (exact) mass is 504 g/mol. The largest absolute Gasteiger partial charge is 0.490 e. The van der Waals surface area contributed by atoms with Crippen molar-refractivity contribution in [2.45, 2.75) is 71.4 Å². The Morgan fingerprint density at radius 1 is 1.22 bits per heavy atom. The minimum atomic E-state index is -4.54. The Kier molecular flexibility index (Phi) is 7.31. The summed E-state index contributed by atoms with van der Waals surface area (Å²) in [5, 5.41) is 16.9. The van der Waals surface area contributed by atoms with Crippen LogP contribution in [0.15, 0.2) is 41.6 Å². The van der Waals surface area contributed by atoms with Crippen molar-refractivity contribution < 1.29 is 32.6 Å². The van der Waals surface area contributed by atoms with E-state index < -0.39 is 23.1 Å². The van der Waals surface area contributed by atoms with Gasteiger partial charge in [-0.15, -0.1) is 0 Å². The second kappa shape index (κ2) is 10.1. The van der Waals surface area contributed by atoms with E-state index in [2.05, 4.69) is 10.5 Å². The van der Waals surface area contributed by atoms with Gasteiger partial charge >= 0.3 is 12.1 Å². The number of fused-ring (bicyclic) bond motifs is 1. The van der Waals surface area contributed by atoms with E-state index in [-0.39, 0.29) is 24.5 Å². The van der Waals surface area contributed by atoms with Crippen molar-refractivity contribution in [3.8, 4) is 5.75 Å². The third kappa shape index (κ3) is 5.83. The van der Waals surface area contributed by atoms with E-state index in [1.165, 1.54) is 17.7 Å². The first kappa shape index (κ1) is 26.0. The molecule has 1 saturated carbocycles. The number of rotatable bonds is 10. The van der Waals surface area contributed by atoms with Crippen molar-refractivity contribution in [1.82, 2.24) is 5.32 Å². The third-order valence-electron chi connectivity index (χ3n) is 6.78. The second-order valence-corrected chi connectivity index (χ2v) is 9.92. The molecule has 0 heterocycles. The molecule has 1 unspecified atom stereocenters. The van der Waals surface area contributed by atoms with Gasteiger partial charge in [-0.1, -0.05) is 23.4 Å². The van der Waals surface area contributed by atoms with E-state index in [0.717, 1.165) is 42.9 Å². The van der Waals surface area contributed by atoms with Gasteiger partial charge in [-0.25, -0.2) is 0 Å². The van der Waals surface area contributed by atoms with E-state index in [4.69, 9.17) is 9.57 Å². The van der Waals surface area contributed by atoms with Crippen LogP contribution in [-0.4, -0.2) is 29.4 Å². The molecule has 2 aromatic rings. The Bertz CT molecular complexity index is 1160. The van der Waals surface area contributed by atoms with Gasteiger partial charge in [0.1, 0.15) is 12.4 Å². The number of alkyl halides is 3. The molecule has 0 spiro atoms. The van der Waals surface area contributed by atoms with Gasteiger partial charge in [-0.05, 0) is 86.9 Å². The van der Waals surface area contributed by atoms with Crippen LogP contribution in [0.3, 0.4) is 0 Å². The summed E-state index contributed by atoms with van der Waals surface area (Å²) in [4.78, 5) is 16.8. The van der Waals surface area contributed by atoms with E-state index in [9.17, 15) is 23.1 Å². The van der Waals surface area contributed by atoms with Crippen LogP contribution in [0, 0.1) is 5.41 Å². The van der Waals surface area contributed by atoms with Gasteiger partial charge in [0.15, 0.2) is 0 Å². The van der Waals surface area contributed by atoms with Crippen LogP contribution in [0.25, 0.3) is 0 Å². The molecule has 0 amide bonds. The number of hydrogen-bond acceptors (Lipinski definition) is 5. The van der Waals surface area contributed by atoms with E-state index in [1.54, 1.807) is 20.8 Å². The maximum absolute atomic E-state index is 13.5. The minimum Gasteiger partial charge on any atom is -0.490 e. The van der Waals surface area contributed by atoms with Crippen LogP contribution in [0.4, 0.5) is 13.2 Å². The van der Waals surface area contributed by atoms with Crippen LogP contribution in [0.1, 0.15) is 73.9 Å². The lowest BCUT2D eigenvalue weighted by Crippen LogP contribution is -2.32. The molecule has 2 N–H and O–H groups in total. The summed E-state index contributed by atoms with van der Waals surface area (Å²) in [6, 6.07) is 10.0. The van der Waals surface area contributed by atoms with Crippen molar-refractivity contribution >= 4 is 11.7 Å². The van der Waals surface area contributed by atoms with Crippen molar-refractivity contribution in [2.24, 2.45) is 10.6 Å². The van der Waals surface area contributed by atoms with Crippen LogP contribution >= 0.6 is 0 Å². The van der Waals surface area contributed by atoms with Crippen LogP contribution in [0.2, 0.25) is 0 Å². The van der Waals surface area contributed by atoms with Gasteiger partial charge in [0.2, 0.25) is 0 Å². The molecule has 2 aliphatic carbocycles. The summed E-state index contributed by atoms with van der Waals surface area (Å²) in [6.07, 6.45) is -1.70. The number of halogens is 3. The molecule has 9 heteroatoms. The Labute approximate surface area is 208 Å². The number of ether oxygens (including phenoxy) is 1. The lowest BCUT2D eigenvalue weighted by Gasteiger charge is -2.18. The van der Waals surface area contributed by atoms with Gasteiger partial charge in [0.05, 0.1) is 22.8 Å². The summed E-state index contributed by atoms with van der Waals surface area (Å²) in [7, 11) is 0. The molecule has 0 aromatic heterocycles. The van der Waals surface area contributed by atoms with Crippen LogP contribution < -0.4 is 10.1 Å². The molecular weight excluding hydrogens is 473 g/mol. The minimum absolute atomic E-state index is 0.107. The Morgan fingerprint density at radius 2 is 1.97 bits per heavy atom. The van der Waals surface area contributed by atoms with E-state index in [0.29, 0.717) is 17.8 Å². The second-order valence-electron chi connectivity index (χ2n) is 9.92. The number of aliphatic carboxylic acids is 1. The highest BCUT2D eigenvalue weighted by molar-refractivity contribution is 5.98. The molecule has 0 saturated heterocycles. The molecule has 2 aromatic carbocycles. The van der Waals surface area contributed by atoms with Crippen molar-refractivity contribution in [1.29, 1.82) is 0 Å². The van der Waals surface area contributed by atoms with E-state index >= 15 is 0 Å². The number of nitrogens with one attached hydrogen (secondary N) is 1. The van der Waals surface area contributed by atoms with Crippen molar-refractivity contribution in [3.05, 3.63) is 64.2 Å². The number of aryl methyl sites for hydroxylation is 1. The predicted octanol–water partition coefficient (Wildman–Crippen LogP) is 5.88. The molecule has 36 heavy (non-hydrogen) atoms. The van der Waals surface area contributed by atoms with Gasteiger partial charge in [0.25, 0.3) is 0 Å². The van der Waals surface area contributed by atoms with Gasteiger partial charge in [-0.3, -0.25) is 4.79 Å². The Hall–Kier alpha value is -3.07. The molecule has 0 radical (unpaired) electrons. The smallest absolute Gasteiger partial charge is 0.419 e. The molecule has 0 bridgehead atoms. The normalized spacial score (nSPS) is 18.8. The molecule has 4 rings (SSSR count). The summed E-state index contributed by atoms with van der Waals surface area (Å²) >= 11 is 0. The molecule has 1 atom stereocenters. The molecule has 194 valence electrons. The van der Waals surface area contributed by atoms with E-state index in [1.807, 2.05) is 18.2 Å². The highest BCUT2D eigenvalue weighted by atomic mass is 19.4. The van der Waals surface area contributed by atoms with Crippen molar-refractivity contribution in [3.63, 3.8) is 0 Å². The quantitative estimate of drug-likeness (QED) is 0.312. The number of carboxylic acids is 1. The van der Waals surface area contributed by atoms with Crippen LogP contribution in [0.5, 0.6) is 5.75 Å². The fraction of sp³-hybridized carbons (Fsp3) is 0.481. The number of oxime groups is 1. The maximum atomic E-state index is 13.5. The average Bonchev–Trinajstić information content (AvgIpc) is 3.50. The summed E-state index contributed by atoms with van der Waals surface area (Å²) < 4.78 is 45.7. The zero-order chi connectivity index (χ0) is 26.1. The zero-order valence-electron chi connectivity index (χ0n) is 20.6. The predicted molar refractivity (Wildman–Crippen MR) is 129 cm³/mol. The first-order valence-corrected chi connectivity index (χ1v) is 12.1. The zero-order valence-corrected chi connectivity index (χ0v) is 20.6. The molecule has 2 aliphatic rings. The molecule has 0 aliphatic heterocycles. The highest BCUT2D eigenvalue weighted by Crippen LogP contribution is 2.46. The number of carboxylic acid groups (broad SMARTS) is 1. The van der Waals surface area contributed by atoms with Crippen LogP contribution in [-0.2, 0) is 28.8 Å². The standard InChI is InChI=1S/C27H31F3N2O4/c1-16(2)36-24-9-4-18(12-22(24)27(28,29)30)14-35-32-17(3)19-5-7-21-20(13-19)6-8-23(21)31-15-26(10-11-26)25(33)34/h4-5,7,9,12-13,16,23,31H,6,8,10-11,14-15H2,1-3H3,(H,33,34)/b32-17+. The lowest BCUT2D eigenvalue weighted by molar-refractivity contribution is -0.143. The van der Waals surface area contributed by atoms with Crippen molar-refractivity contribution in [2.75, 3.05) is 6.54 Å². The number of benzene rings is 2. The third-order valence-corrected chi connectivity index (χ3v) is 6.78. The molecule has 1 fully saturated rings. The summed E-state index contributed by atoms with van der Waals surface area (Å²) in [5.41, 5.74) is 2.73. The fourth-order valence-corrected chi connectivity index (χ4v) is 4.49. The van der Waals surface area contributed by atoms with Gasteiger partial charge < -0.3 is 20.0 Å². The topological polar surface area (TPSA) is 80.2 Å². The van der Waals surface area contributed by atoms with Gasteiger partial charge in [0, 0.05) is 12.6 Å². The Balaban J connectivity index is 1.38. The summed E-state index contributed by atoms with van der Waals surface area (Å²) in [6.45, 7) is 5.50. The summed E-state index contributed by atoms with van der Waals surface area (Å²) in [5.74, 6) is -0.938. The first-order chi connectivity index (χ1) is 17.0.